The number of hydrogen-bond donors (Lipinski definition) is 3. The normalized spacial score (nSPS) is 14.9. The SMILES string of the molecule is CCCCNc1ccc(C(=O)OCCOCCOCCOCCOCCOCCOCCOCCOCCOCCNc2cccc3c2C(=O)N(C2CCC(=O)NC2=O)C3=O)cc1. The van der Waals surface area contributed by atoms with E-state index in [0.717, 1.165) is 30.0 Å². The van der Waals surface area contributed by atoms with Crippen LogP contribution in [-0.2, 0) is 57.0 Å². The Hall–Kier alpha value is -4.57. The number of anilines is 2. The lowest BCUT2D eigenvalue weighted by Gasteiger charge is -2.27. The van der Waals surface area contributed by atoms with Crippen molar-refractivity contribution in [2.45, 2.75) is 38.6 Å². The van der Waals surface area contributed by atoms with E-state index in [-0.39, 0.29) is 36.5 Å². The molecule has 4 amide bonds. The Kier molecular flexibility index (Phi) is 25.4. The summed E-state index contributed by atoms with van der Waals surface area (Å²) in [5.74, 6) is -2.56. The molecule has 2 aromatic rings. The minimum atomic E-state index is -1.02. The van der Waals surface area contributed by atoms with E-state index < -0.39 is 29.7 Å². The van der Waals surface area contributed by atoms with Gasteiger partial charge in [-0.1, -0.05) is 19.4 Å². The zero-order chi connectivity index (χ0) is 44.7. The highest BCUT2D eigenvalue weighted by Crippen LogP contribution is 2.32. The van der Waals surface area contributed by atoms with Crippen molar-refractivity contribution in [3.8, 4) is 0 Å². The van der Waals surface area contributed by atoms with Crippen molar-refractivity contribution in [1.29, 1.82) is 0 Å². The Labute approximate surface area is 369 Å². The highest BCUT2D eigenvalue weighted by Gasteiger charge is 2.45. The maximum Gasteiger partial charge on any atom is 0.338 e. The Morgan fingerprint density at radius 1 is 0.603 bits per heavy atom. The molecule has 63 heavy (non-hydrogen) atoms. The number of nitrogens with one attached hydrogen (secondary N) is 3. The smallest absolute Gasteiger partial charge is 0.338 e. The number of carbonyl (C=O) groups is 5. The summed E-state index contributed by atoms with van der Waals surface area (Å²) in [6, 6.07) is 11.1. The summed E-state index contributed by atoms with van der Waals surface area (Å²) >= 11 is 0. The number of esters is 1. The molecule has 1 fully saturated rings. The minimum absolute atomic E-state index is 0.0616. The highest BCUT2D eigenvalue weighted by molar-refractivity contribution is 6.25. The van der Waals surface area contributed by atoms with Gasteiger partial charge in [-0.3, -0.25) is 29.4 Å². The molecule has 2 aromatic carbocycles. The van der Waals surface area contributed by atoms with Crippen LogP contribution in [-0.4, -0.2) is 179 Å². The number of amides is 4. The van der Waals surface area contributed by atoms with Gasteiger partial charge in [0.15, 0.2) is 0 Å². The molecule has 1 saturated heterocycles. The highest BCUT2D eigenvalue weighted by atomic mass is 16.6. The molecular weight excluding hydrogens is 824 g/mol. The predicted molar refractivity (Wildman–Crippen MR) is 229 cm³/mol. The average Bonchev–Trinajstić information content (AvgIpc) is 3.54. The van der Waals surface area contributed by atoms with Crippen molar-refractivity contribution in [2.24, 2.45) is 0 Å². The summed E-state index contributed by atoms with van der Waals surface area (Å²) in [7, 11) is 0. The van der Waals surface area contributed by atoms with Gasteiger partial charge in [0.2, 0.25) is 11.8 Å². The van der Waals surface area contributed by atoms with E-state index in [1.807, 2.05) is 12.1 Å². The Morgan fingerprint density at radius 3 is 1.59 bits per heavy atom. The number of unbranched alkanes of at least 4 members (excludes halogenated alkanes) is 1. The van der Waals surface area contributed by atoms with Crippen LogP contribution in [0.15, 0.2) is 42.5 Å². The zero-order valence-electron chi connectivity index (χ0n) is 36.4. The zero-order valence-corrected chi connectivity index (χ0v) is 36.4. The summed E-state index contributed by atoms with van der Waals surface area (Å²) in [6.45, 7) is 11.1. The molecule has 19 heteroatoms. The van der Waals surface area contributed by atoms with Crippen LogP contribution in [0.1, 0.15) is 63.7 Å². The van der Waals surface area contributed by atoms with Crippen molar-refractivity contribution >= 4 is 41.0 Å². The van der Waals surface area contributed by atoms with Gasteiger partial charge in [-0.2, -0.15) is 0 Å². The fourth-order valence-corrected chi connectivity index (χ4v) is 6.19. The van der Waals surface area contributed by atoms with Gasteiger partial charge in [0.05, 0.1) is 136 Å². The van der Waals surface area contributed by atoms with Crippen molar-refractivity contribution in [2.75, 3.05) is 149 Å². The fourth-order valence-electron chi connectivity index (χ4n) is 6.19. The summed E-state index contributed by atoms with van der Waals surface area (Å²) < 4.78 is 54.8. The minimum Gasteiger partial charge on any atom is -0.460 e. The van der Waals surface area contributed by atoms with Gasteiger partial charge in [-0.05, 0) is 49.2 Å². The van der Waals surface area contributed by atoms with Crippen LogP contribution in [0.4, 0.5) is 11.4 Å². The van der Waals surface area contributed by atoms with E-state index in [9.17, 15) is 24.0 Å². The number of piperidine rings is 1. The Bertz CT molecular complexity index is 1660. The Balaban J connectivity index is 0.824. The summed E-state index contributed by atoms with van der Waals surface area (Å²) in [4.78, 5) is 63.1. The van der Waals surface area contributed by atoms with Gasteiger partial charge in [0.1, 0.15) is 12.6 Å². The maximum atomic E-state index is 13.2. The summed E-state index contributed by atoms with van der Waals surface area (Å²) in [6.07, 6.45) is 2.38. The molecule has 1 unspecified atom stereocenters. The second kappa shape index (κ2) is 31.3. The lowest BCUT2D eigenvalue weighted by atomic mass is 10.0. The molecule has 0 aliphatic carbocycles. The standard InChI is InChI=1S/C44H64N4O15/c1-2-3-13-45-35-9-7-34(8-10-35)44(53)63-33-32-62-31-30-61-29-28-60-27-26-59-25-24-58-23-22-57-21-20-56-19-18-55-17-16-54-15-14-46-37-6-4-5-36-40(37)43(52)48(42(36)51)38-11-12-39(49)47-41(38)50/h4-10,38,45-46H,2-3,11-33H2,1H3,(H,47,49,50). The molecule has 0 spiro atoms. The van der Waals surface area contributed by atoms with E-state index in [1.165, 1.54) is 0 Å². The number of carbonyl (C=O) groups excluding carboxylic acids is 5. The third-order valence-electron chi connectivity index (χ3n) is 9.45. The molecule has 2 aliphatic rings. The molecule has 2 heterocycles. The third-order valence-corrected chi connectivity index (χ3v) is 9.45. The lowest BCUT2D eigenvalue weighted by molar-refractivity contribution is -0.136. The van der Waals surface area contributed by atoms with Crippen LogP contribution in [0.3, 0.4) is 0 Å². The van der Waals surface area contributed by atoms with E-state index in [2.05, 4.69) is 22.9 Å². The van der Waals surface area contributed by atoms with Crippen molar-refractivity contribution in [1.82, 2.24) is 10.2 Å². The molecule has 0 aromatic heterocycles. The molecule has 0 bridgehead atoms. The number of hydrogen-bond acceptors (Lipinski definition) is 17. The first kappa shape index (κ1) is 51.1. The maximum absolute atomic E-state index is 13.2. The number of imide groups is 2. The van der Waals surface area contributed by atoms with Gasteiger partial charge in [-0.25, -0.2) is 4.79 Å². The molecule has 2 aliphatic heterocycles. The summed E-state index contributed by atoms with van der Waals surface area (Å²) in [5, 5.41) is 8.64. The van der Waals surface area contributed by atoms with Gasteiger partial charge >= 0.3 is 5.97 Å². The molecular formula is C44H64N4O15. The molecule has 19 nitrogen and oxygen atoms in total. The first-order valence-corrected chi connectivity index (χ1v) is 21.7. The van der Waals surface area contributed by atoms with Crippen LogP contribution in [0.2, 0.25) is 0 Å². The summed E-state index contributed by atoms with van der Waals surface area (Å²) in [5.41, 5.74) is 2.38. The topological polar surface area (TPSA) is 217 Å². The number of rotatable bonds is 37. The van der Waals surface area contributed by atoms with Crippen molar-refractivity contribution < 1.29 is 71.3 Å². The van der Waals surface area contributed by atoms with Gasteiger partial charge in [-0.15, -0.1) is 0 Å². The van der Waals surface area contributed by atoms with E-state index in [1.54, 1.807) is 30.3 Å². The average molecular weight is 889 g/mol. The quantitative estimate of drug-likeness (QED) is 0.0505. The monoisotopic (exact) mass is 888 g/mol. The van der Waals surface area contributed by atoms with E-state index in [4.69, 9.17) is 47.4 Å². The first-order chi connectivity index (χ1) is 30.9. The molecule has 1 atom stereocenters. The fraction of sp³-hybridized carbons (Fsp3) is 0.614. The predicted octanol–water partition coefficient (Wildman–Crippen LogP) is 2.72. The second-order valence-electron chi connectivity index (χ2n) is 14.1. The lowest BCUT2D eigenvalue weighted by Crippen LogP contribution is -2.54. The molecule has 4 rings (SSSR count). The van der Waals surface area contributed by atoms with Gasteiger partial charge in [0, 0.05) is 30.9 Å². The molecule has 0 saturated carbocycles. The van der Waals surface area contributed by atoms with Crippen molar-refractivity contribution in [3.63, 3.8) is 0 Å². The van der Waals surface area contributed by atoms with Crippen LogP contribution in [0.5, 0.6) is 0 Å². The second-order valence-corrected chi connectivity index (χ2v) is 14.1. The third kappa shape index (κ3) is 19.4. The van der Waals surface area contributed by atoms with Crippen LogP contribution in [0, 0.1) is 0 Å². The number of fused-ring (bicyclic) bond motifs is 1. The number of ether oxygens (including phenoxy) is 10. The van der Waals surface area contributed by atoms with Crippen molar-refractivity contribution in [3.05, 3.63) is 59.2 Å². The largest absolute Gasteiger partial charge is 0.460 e. The van der Waals surface area contributed by atoms with Gasteiger partial charge in [0.25, 0.3) is 11.8 Å². The van der Waals surface area contributed by atoms with Gasteiger partial charge < -0.3 is 58.0 Å². The van der Waals surface area contributed by atoms with Crippen LogP contribution in [0.25, 0.3) is 0 Å². The van der Waals surface area contributed by atoms with E-state index in [0.29, 0.717) is 137 Å². The molecule has 0 radical (unpaired) electrons. The first-order valence-electron chi connectivity index (χ1n) is 21.7. The molecule has 350 valence electrons. The van der Waals surface area contributed by atoms with Crippen LogP contribution >= 0.6 is 0 Å². The number of benzene rings is 2. The van der Waals surface area contributed by atoms with E-state index >= 15 is 0 Å². The Morgan fingerprint density at radius 2 is 1.10 bits per heavy atom. The number of nitrogens with zero attached hydrogens (tertiary/aromatic N) is 1. The molecule has 3 N–H and O–H groups in total. The van der Waals surface area contributed by atoms with Crippen LogP contribution < -0.4 is 16.0 Å².